The molecule has 1 aliphatic heterocycles. The summed E-state index contributed by atoms with van der Waals surface area (Å²) in [5.41, 5.74) is 4.55. The summed E-state index contributed by atoms with van der Waals surface area (Å²) >= 11 is 0. The summed E-state index contributed by atoms with van der Waals surface area (Å²) in [6.07, 6.45) is 1.65. The third-order valence-electron chi connectivity index (χ3n) is 3.21. The largest absolute Gasteiger partial charge is 0.480 e. The SMILES string of the molecule is CC1(CNC(=O)N[C@H](CCC(N)=O)C(=O)O)CCCO1. The molecular weight excluding hydrogens is 266 g/mol. The monoisotopic (exact) mass is 287 g/mol. The van der Waals surface area contributed by atoms with Gasteiger partial charge in [-0.1, -0.05) is 0 Å². The zero-order valence-electron chi connectivity index (χ0n) is 11.5. The number of urea groups is 1. The van der Waals surface area contributed by atoms with Gasteiger partial charge < -0.3 is 26.2 Å². The molecular formula is C12H21N3O5. The highest BCUT2D eigenvalue weighted by atomic mass is 16.5. The summed E-state index contributed by atoms with van der Waals surface area (Å²) < 4.78 is 5.50. The highest BCUT2D eigenvalue weighted by molar-refractivity contribution is 5.83. The lowest BCUT2D eigenvalue weighted by Gasteiger charge is -2.24. The average molecular weight is 287 g/mol. The lowest BCUT2D eigenvalue weighted by molar-refractivity contribution is -0.139. The van der Waals surface area contributed by atoms with Gasteiger partial charge in [0, 0.05) is 19.6 Å². The fourth-order valence-corrected chi connectivity index (χ4v) is 2.00. The summed E-state index contributed by atoms with van der Waals surface area (Å²) in [5, 5.41) is 13.8. The van der Waals surface area contributed by atoms with Gasteiger partial charge in [0.15, 0.2) is 0 Å². The fourth-order valence-electron chi connectivity index (χ4n) is 2.00. The van der Waals surface area contributed by atoms with Crippen molar-refractivity contribution in [3.05, 3.63) is 0 Å². The standard InChI is InChI=1S/C12H21N3O5/c1-12(5-2-6-20-12)7-14-11(19)15-8(10(17)18)3-4-9(13)16/h8H,2-7H2,1H3,(H2,13,16)(H,17,18)(H2,14,15,19)/t8-,12?/m1/s1. The quantitative estimate of drug-likeness (QED) is 0.505. The van der Waals surface area contributed by atoms with Crippen LogP contribution in [0.5, 0.6) is 0 Å². The highest BCUT2D eigenvalue weighted by Gasteiger charge is 2.30. The Hall–Kier alpha value is -1.83. The van der Waals surface area contributed by atoms with Crippen molar-refractivity contribution in [3.8, 4) is 0 Å². The topological polar surface area (TPSA) is 131 Å². The summed E-state index contributed by atoms with van der Waals surface area (Å²) in [7, 11) is 0. The maximum absolute atomic E-state index is 11.6. The van der Waals surface area contributed by atoms with Gasteiger partial charge in [-0.15, -0.1) is 0 Å². The van der Waals surface area contributed by atoms with E-state index in [2.05, 4.69) is 10.6 Å². The van der Waals surface area contributed by atoms with Crippen LogP contribution in [0, 0.1) is 0 Å². The zero-order valence-corrected chi connectivity index (χ0v) is 11.5. The summed E-state index contributed by atoms with van der Waals surface area (Å²) in [4.78, 5) is 33.2. The van der Waals surface area contributed by atoms with Gasteiger partial charge >= 0.3 is 12.0 Å². The van der Waals surface area contributed by atoms with E-state index in [1.165, 1.54) is 0 Å². The molecule has 8 heteroatoms. The van der Waals surface area contributed by atoms with E-state index in [4.69, 9.17) is 15.6 Å². The molecule has 8 nitrogen and oxygen atoms in total. The highest BCUT2D eigenvalue weighted by Crippen LogP contribution is 2.23. The molecule has 1 rings (SSSR count). The van der Waals surface area contributed by atoms with E-state index in [9.17, 15) is 14.4 Å². The van der Waals surface area contributed by atoms with E-state index in [0.29, 0.717) is 13.2 Å². The summed E-state index contributed by atoms with van der Waals surface area (Å²) in [5.74, 6) is -1.81. The molecule has 0 saturated carbocycles. The molecule has 1 aliphatic rings. The number of primary amides is 1. The Morgan fingerprint density at radius 2 is 2.15 bits per heavy atom. The Morgan fingerprint density at radius 3 is 2.65 bits per heavy atom. The number of ether oxygens (including phenoxy) is 1. The Morgan fingerprint density at radius 1 is 1.45 bits per heavy atom. The molecule has 5 N–H and O–H groups in total. The molecule has 0 aliphatic carbocycles. The maximum atomic E-state index is 11.6. The first-order valence-corrected chi connectivity index (χ1v) is 6.52. The minimum atomic E-state index is -1.20. The number of carbonyl (C=O) groups is 3. The van der Waals surface area contributed by atoms with Crippen LogP contribution < -0.4 is 16.4 Å². The van der Waals surface area contributed by atoms with E-state index in [0.717, 1.165) is 12.8 Å². The van der Waals surface area contributed by atoms with Gasteiger partial charge in [-0.2, -0.15) is 0 Å². The van der Waals surface area contributed by atoms with Crippen LogP contribution >= 0.6 is 0 Å². The normalized spacial score (nSPS) is 23.1. The maximum Gasteiger partial charge on any atom is 0.326 e. The minimum Gasteiger partial charge on any atom is -0.480 e. The molecule has 0 aromatic carbocycles. The van der Waals surface area contributed by atoms with Crippen molar-refractivity contribution in [3.63, 3.8) is 0 Å². The first kappa shape index (κ1) is 16.2. The average Bonchev–Trinajstić information content (AvgIpc) is 2.79. The van der Waals surface area contributed by atoms with Gasteiger partial charge in [0.2, 0.25) is 5.91 Å². The number of carbonyl (C=O) groups excluding carboxylic acids is 2. The molecule has 2 atom stereocenters. The van der Waals surface area contributed by atoms with E-state index < -0.39 is 29.6 Å². The number of rotatable bonds is 7. The molecule has 0 aromatic heterocycles. The fraction of sp³-hybridized carbons (Fsp3) is 0.750. The van der Waals surface area contributed by atoms with Crippen molar-refractivity contribution in [1.82, 2.24) is 10.6 Å². The number of hydrogen-bond donors (Lipinski definition) is 4. The van der Waals surface area contributed by atoms with Crippen molar-refractivity contribution in [2.24, 2.45) is 5.73 Å². The molecule has 114 valence electrons. The lowest BCUT2D eigenvalue weighted by atomic mass is 10.0. The van der Waals surface area contributed by atoms with Crippen molar-refractivity contribution in [2.75, 3.05) is 13.2 Å². The third kappa shape index (κ3) is 5.43. The number of amides is 3. The minimum absolute atomic E-state index is 0.0359. The van der Waals surface area contributed by atoms with Crippen LogP contribution in [-0.4, -0.2) is 47.8 Å². The van der Waals surface area contributed by atoms with Crippen molar-refractivity contribution < 1.29 is 24.2 Å². The first-order valence-electron chi connectivity index (χ1n) is 6.52. The number of carboxylic acid groups (broad SMARTS) is 1. The van der Waals surface area contributed by atoms with Crippen LogP contribution in [0.15, 0.2) is 0 Å². The van der Waals surface area contributed by atoms with E-state index in [-0.39, 0.29) is 12.8 Å². The molecule has 0 bridgehead atoms. The number of aliphatic carboxylic acids is 1. The Labute approximate surface area is 117 Å². The zero-order chi connectivity index (χ0) is 15.2. The van der Waals surface area contributed by atoms with Crippen LogP contribution in [-0.2, 0) is 14.3 Å². The second kappa shape index (κ2) is 7.09. The number of hydrogen-bond acceptors (Lipinski definition) is 4. The van der Waals surface area contributed by atoms with Crippen LogP contribution in [0.2, 0.25) is 0 Å². The van der Waals surface area contributed by atoms with Gasteiger partial charge in [-0.25, -0.2) is 9.59 Å². The Balaban J connectivity index is 2.37. The predicted octanol–water partition coefficient (Wildman–Crippen LogP) is -0.427. The summed E-state index contributed by atoms with van der Waals surface area (Å²) in [6, 6.07) is -1.74. The van der Waals surface area contributed by atoms with E-state index in [1.54, 1.807) is 0 Å². The van der Waals surface area contributed by atoms with Gasteiger partial charge in [0.05, 0.1) is 5.60 Å². The third-order valence-corrected chi connectivity index (χ3v) is 3.21. The second-order valence-corrected chi connectivity index (χ2v) is 5.12. The van der Waals surface area contributed by atoms with Crippen molar-refractivity contribution >= 4 is 17.9 Å². The van der Waals surface area contributed by atoms with Crippen LogP contribution in [0.25, 0.3) is 0 Å². The van der Waals surface area contributed by atoms with Crippen LogP contribution in [0.1, 0.15) is 32.6 Å². The Kier molecular flexibility index (Phi) is 5.75. The smallest absolute Gasteiger partial charge is 0.326 e. The molecule has 0 aromatic rings. The summed E-state index contributed by atoms with van der Waals surface area (Å²) in [6.45, 7) is 2.86. The van der Waals surface area contributed by atoms with Gasteiger partial charge in [0.1, 0.15) is 6.04 Å². The van der Waals surface area contributed by atoms with Crippen LogP contribution in [0.3, 0.4) is 0 Å². The van der Waals surface area contributed by atoms with E-state index in [1.807, 2.05) is 6.92 Å². The van der Waals surface area contributed by atoms with Gasteiger partial charge in [-0.05, 0) is 26.2 Å². The number of carboxylic acids is 1. The molecule has 1 heterocycles. The van der Waals surface area contributed by atoms with Crippen molar-refractivity contribution in [1.29, 1.82) is 0 Å². The van der Waals surface area contributed by atoms with Crippen LogP contribution in [0.4, 0.5) is 4.79 Å². The lowest BCUT2D eigenvalue weighted by Crippen LogP contribution is -2.49. The predicted molar refractivity (Wildman–Crippen MR) is 70.0 cm³/mol. The van der Waals surface area contributed by atoms with Gasteiger partial charge in [-0.3, -0.25) is 4.79 Å². The molecule has 3 amide bonds. The molecule has 0 spiro atoms. The molecule has 1 saturated heterocycles. The Bertz CT molecular complexity index is 379. The molecule has 1 fully saturated rings. The first-order chi connectivity index (χ1) is 9.32. The second-order valence-electron chi connectivity index (χ2n) is 5.12. The number of nitrogens with two attached hydrogens (primary N) is 1. The van der Waals surface area contributed by atoms with Crippen molar-refractivity contribution in [2.45, 2.75) is 44.2 Å². The van der Waals surface area contributed by atoms with E-state index >= 15 is 0 Å². The molecule has 0 radical (unpaired) electrons. The molecule has 20 heavy (non-hydrogen) atoms. The van der Waals surface area contributed by atoms with Gasteiger partial charge in [0.25, 0.3) is 0 Å². The molecule has 1 unspecified atom stereocenters. The number of nitrogens with one attached hydrogen (secondary N) is 2.